The van der Waals surface area contributed by atoms with Crippen molar-refractivity contribution >= 4 is 23.6 Å². The maximum Gasteiger partial charge on any atom is 0.446 e. The third-order valence-electron chi connectivity index (χ3n) is 2.70. The van der Waals surface area contributed by atoms with Gasteiger partial charge in [-0.25, -0.2) is 0 Å². The van der Waals surface area contributed by atoms with Gasteiger partial charge in [-0.3, -0.25) is 4.79 Å². The Morgan fingerprint density at radius 2 is 1.29 bits per heavy atom. The highest BCUT2D eigenvalue weighted by Crippen LogP contribution is 2.40. The molecule has 0 atom stereocenters. The minimum atomic E-state index is -4.51. The van der Waals surface area contributed by atoms with Gasteiger partial charge in [-0.2, -0.15) is 13.2 Å². The van der Waals surface area contributed by atoms with Gasteiger partial charge in [0, 0.05) is 5.57 Å². The Morgan fingerprint density at radius 1 is 0.857 bits per heavy atom. The van der Waals surface area contributed by atoms with Gasteiger partial charge in [0.1, 0.15) is 0 Å². The summed E-state index contributed by atoms with van der Waals surface area (Å²) in [6.07, 6.45) is 0.257. The Hall–Kier alpha value is -2.01. The summed E-state index contributed by atoms with van der Waals surface area (Å²) in [5, 5.41) is 0. The molecule has 2 aromatic carbocycles. The fourth-order valence-electron chi connectivity index (χ4n) is 1.92. The van der Waals surface area contributed by atoms with Crippen LogP contribution in [0.4, 0.5) is 13.2 Å². The number of rotatable bonds is 4. The molecule has 0 unspecified atom stereocenters. The Balaban J connectivity index is 2.62. The smallest absolute Gasteiger partial charge is 0.297 e. The average Bonchev–Trinajstić information content (AvgIpc) is 2.47. The lowest BCUT2D eigenvalue weighted by molar-refractivity contribution is -0.104. The predicted molar refractivity (Wildman–Crippen MR) is 78.6 cm³/mol. The lowest BCUT2D eigenvalue weighted by atomic mass is 9.98. The molecule has 0 amide bonds. The summed E-state index contributed by atoms with van der Waals surface area (Å²) < 4.78 is 38.0. The monoisotopic (exact) mass is 308 g/mol. The van der Waals surface area contributed by atoms with Crippen LogP contribution < -0.4 is 0 Å². The number of benzene rings is 2. The molecule has 108 valence electrons. The molecule has 21 heavy (non-hydrogen) atoms. The van der Waals surface area contributed by atoms with Gasteiger partial charge >= 0.3 is 5.51 Å². The molecule has 2 aromatic rings. The van der Waals surface area contributed by atoms with E-state index in [4.69, 9.17) is 0 Å². The number of carbonyl (C=O) groups is 1. The number of alkyl halides is 3. The summed E-state index contributed by atoms with van der Waals surface area (Å²) >= 11 is -0.389. The molecule has 0 saturated carbocycles. The van der Waals surface area contributed by atoms with Gasteiger partial charge in [-0.05, 0) is 22.9 Å². The van der Waals surface area contributed by atoms with Crippen molar-refractivity contribution in [3.8, 4) is 0 Å². The zero-order valence-electron chi connectivity index (χ0n) is 10.8. The van der Waals surface area contributed by atoms with Crippen molar-refractivity contribution < 1.29 is 18.0 Å². The van der Waals surface area contributed by atoms with E-state index >= 15 is 0 Å². The van der Waals surface area contributed by atoms with Crippen molar-refractivity contribution in [3.63, 3.8) is 0 Å². The molecule has 0 aliphatic heterocycles. The van der Waals surface area contributed by atoms with E-state index in [0.717, 1.165) is 0 Å². The van der Waals surface area contributed by atoms with E-state index < -0.39 is 5.51 Å². The molecule has 0 saturated heterocycles. The van der Waals surface area contributed by atoms with Gasteiger partial charge < -0.3 is 0 Å². The second-order valence-corrected chi connectivity index (χ2v) is 5.24. The molecule has 0 fully saturated rings. The van der Waals surface area contributed by atoms with Crippen LogP contribution in [0.5, 0.6) is 0 Å². The highest BCUT2D eigenvalue weighted by molar-refractivity contribution is 8.04. The fraction of sp³-hybridized carbons (Fsp3) is 0.0625. The van der Waals surface area contributed by atoms with Crippen molar-refractivity contribution in [2.24, 2.45) is 0 Å². The highest BCUT2D eigenvalue weighted by Gasteiger charge is 2.32. The number of allylic oxidation sites excluding steroid dienone is 1. The SMILES string of the molecule is O=CC(SC(F)(F)F)=C(c1ccccc1)c1ccccc1. The van der Waals surface area contributed by atoms with E-state index in [1.807, 2.05) is 0 Å². The minimum absolute atomic E-state index is 0.257. The molecule has 0 aliphatic carbocycles. The summed E-state index contributed by atoms with van der Waals surface area (Å²) in [7, 11) is 0. The third-order valence-corrected chi connectivity index (χ3v) is 3.46. The van der Waals surface area contributed by atoms with E-state index in [1.165, 1.54) is 0 Å². The first-order chi connectivity index (χ1) is 10.0. The van der Waals surface area contributed by atoms with Gasteiger partial charge in [-0.15, -0.1) is 0 Å². The molecule has 0 N–H and O–H groups in total. The molecular formula is C16H11F3OS. The number of hydrogen-bond acceptors (Lipinski definition) is 2. The van der Waals surface area contributed by atoms with Crippen LogP contribution in [0.25, 0.3) is 5.57 Å². The van der Waals surface area contributed by atoms with Crippen LogP contribution in [0, 0.1) is 0 Å². The molecule has 0 bridgehead atoms. The second kappa shape index (κ2) is 6.63. The normalized spacial score (nSPS) is 11.0. The lowest BCUT2D eigenvalue weighted by Gasteiger charge is -2.13. The Bertz CT molecular complexity index is 592. The molecule has 0 heterocycles. The predicted octanol–water partition coefficient (Wildman–Crippen LogP) is 4.90. The summed E-state index contributed by atoms with van der Waals surface area (Å²) in [6.45, 7) is 0. The summed E-state index contributed by atoms with van der Waals surface area (Å²) in [5.41, 5.74) is -3.08. The Morgan fingerprint density at radius 3 is 1.62 bits per heavy atom. The molecular weight excluding hydrogens is 297 g/mol. The third kappa shape index (κ3) is 4.23. The molecule has 0 spiro atoms. The maximum absolute atomic E-state index is 12.7. The molecule has 0 aromatic heterocycles. The van der Waals surface area contributed by atoms with E-state index in [0.29, 0.717) is 11.1 Å². The Kier molecular flexibility index (Phi) is 4.85. The van der Waals surface area contributed by atoms with E-state index in [-0.39, 0.29) is 28.5 Å². The minimum Gasteiger partial charge on any atom is -0.297 e. The molecule has 2 rings (SSSR count). The van der Waals surface area contributed by atoms with Crippen molar-refractivity contribution in [3.05, 3.63) is 76.7 Å². The van der Waals surface area contributed by atoms with Gasteiger partial charge in [0.25, 0.3) is 0 Å². The zero-order valence-corrected chi connectivity index (χ0v) is 11.6. The van der Waals surface area contributed by atoms with Crippen LogP contribution in [-0.2, 0) is 4.79 Å². The fourth-order valence-corrected chi connectivity index (χ4v) is 2.55. The molecule has 1 nitrogen and oxygen atoms in total. The van der Waals surface area contributed by atoms with Crippen LogP contribution >= 0.6 is 11.8 Å². The van der Waals surface area contributed by atoms with Gasteiger partial charge in [0.15, 0.2) is 6.29 Å². The largest absolute Gasteiger partial charge is 0.446 e. The van der Waals surface area contributed by atoms with Crippen LogP contribution in [0.3, 0.4) is 0 Å². The van der Waals surface area contributed by atoms with Crippen LogP contribution in [0.1, 0.15) is 11.1 Å². The van der Waals surface area contributed by atoms with E-state index in [2.05, 4.69) is 0 Å². The van der Waals surface area contributed by atoms with Gasteiger partial charge in [-0.1, -0.05) is 60.7 Å². The number of hydrogen-bond donors (Lipinski definition) is 0. The van der Waals surface area contributed by atoms with Crippen molar-refractivity contribution in [2.45, 2.75) is 5.51 Å². The summed E-state index contributed by atoms with van der Waals surface area (Å²) in [4.78, 5) is 10.8. The Labute approximate surface area is 124 Å². The maximum atomic E-state index is 12.7. The van der Waals surface area contributed by atoms with Crippen LogP contribution in [0.15, 0.2) is 65.6 Å². The molecule has 0 aliphatic rings. The molecule has 0 radical (unpaired) electrons. The summed E-state index contributed by atoms with van der Waals surface area (Å²) in [6, 6.07) is 17.2. The van der Waals surface area contributed by atoms with E-state index in [1.54, 1.807) is 60.7 Å². The average molecular weight is 308 g/mol. The summed E-state index contributed by atoms with van der Waals surface area (Å²) in [5.74, 6) is 0. The van der Waals surface area contributed by atoms with E-state index in [9.17, 15) is 18.0 Å². The standard InChI is InChI=1S/C16H11F3OS/c17-16(18,19)21-14(11-20)15(12-7-3-1-4-8-12)13-9-5-2-6-10-13/h1-11H. The number of halogens is 3. The van der Waals surface area contributed by atoms with Crippen LogP contribution in [-0.4, -0.2) is 11.8 Å². The first kappa shape index (κ1) is 15.4. The van der Waals surface area contributed by atoms with Crippen molar-refractivity contribution in [1.29, 1.82) is 0 Å². The number of carbonyl (C=O) groups excluding carboxylic acids is 1. The zero-order chi connectivity index (χ0) is 15.3. The van der Waals surface area contributed by atoms with Gasteiger partial charge in [0.05, 0.1) is 4.91 Å². The van der Waals surface area contributed by atoms with Crippen LogP contribution in [0.2, 0.25) is 0 Å². The highest BCUT2D eigenvalue weighted by atomic mass is 32.2. The first-order valence-corrected chi connectivity index (χ1v) is 6.89. The van der Waals surface area contributed by atoms with Gasteiger partial charge in [0.2, 0.25) is 0 Å². The second-order valence-electron chi connectivity index (χ2n) is 4.14. The quantitative estimate of drug-likeness (QED) is 0.590. The van der Waals surface area contributed by atoms with Crippen molar-refractivity contribution in [1.82, 2.24) is 0 Å². The number of thioether (sulfide) groups is 1. The molecule has 5 heteroatoms. The first-order valence-electron chi connectivity index (χ1n) is 6.07. The van der Waals surface area contributed by atoms with Crippen molar-refractivity contribution in [2.75, 3.05) is 0 Å². The number of aldehydes is 1. The topological polar surface area (TPSA) is 17.1 Å². The lowest BCUT2D eigenvalue weighted by Crippen LogP contribution is -2.03.